The monoisotopic (exact) mass is 326 g/mol. The summed E-state index contributed by atoms with van der Waals surface area (Å²) < 4.78 is 12.9. The lowest BCUT2D eigenvalue weighted by molar-refractivity contribution is -0.146. The van der Waals surface area contributed by atoms with Gasteiger partial charge in [0.2, 0.25) is 11.8 Å². The van der Waals surface area contributed by atoms with Crippen molar-refractivity contribution in [3.8, 4) is 0 Å². The van der Waals surface area contributed by atoms with E-state index in [4.69, 9.17) is 5.11 Å². The van der Waals surface area contributed by atoms with Crippen molar-refractivity contribution in [3.63, 3.8) is 0 Å². The fraction of sp³-hybridized carbons (Fsp3) is 0.357. The highest BCUT2D eigenvalue weighted by Crippen LogP contribution is 2.15. The molecular weight excluding hydrogens is 311 g/mol. The zero-order chi connectivity index (χ0) is 16.1. The number of carboxylic acid groups (broad SMARTS) is 1. The summed E-state index contributed by atoms with van der Waals surface area (Å²) in [7, 11) is 0. The van der Waals surface area contributed by atoms with E-state index in [1.54, 1.807) is 0 Å². The number of aliphatic carboxylic acids is 1. The van der Waals surface area contributed by atoms with Crippen molar-refractivity contribution in [1.29, 1.82) is 0 Å². The molecule has 0 aromatic heterocycles. The van der Waals surface area contributed by atoms with Crippen LogP contribution in [-0.2, 0) is 20.9 Å². The molecule has 0 spiro atoms. The smallest absolute Gasteiger partial charge is 0.323 e. The molecule has 1 N–H and O–H groups in total. The maximum Gasteiger partial charge on any atom is 0.323 e. The van der Waals surface area contributed by atoms with Crippen molar-refractivity contribution in [2.75, 3.05) is 24.7 Å². The second-order valence-electron chi connectivity index (χ2n) is 4.84. The molecule has 6 nitrogen and oxygen atoms in total. The molecule has 1 saturated heterocycles. The van der Waals surface area contributed by atoms with Gasteiger partial charge in [-0.15, -0.1) is 11.8 Å². The maximum absolute atomic E-state index is 12.9. The fourth-order valence-corrected chi connectivity index (χ4v) is 2.91. The fourth-order valence-electron chi connectivity index (χ4n) is 2.01. The summed E-state index contributed by atoms with van der Waals surface area (Å²) in [5.41, 5.74) is 0.623. The van der Waals surface area contributed by atoms with Gasteiger partial charge in [0, 0.05) is 6.54 Å². The summed E-state index contributed by atoms with van der Waals surface area (Å²) in [6.07, 6.45) is 0. The largest absolute Gasteiger partial charge is 0.480 e. The highest BCUT2D eigenvalue weighted by atomic mass is 32.2. The van der Waals surface area contributed by atoms with E-state index in [-0.39, 0.29) is 19.0 Å². The lowest BCUT2D eigenvalue weighted by atomic mass is 10.2. The minimum atomic E-state index is -1.14. The number of nitrogens with zero attached hydrogens (tertiary/aromatic N) is 2. The maximum atomic E-state index is 12.9. The average Bonchev–Trinajstić information content (AvgIpc) is 2.85. The zero-order valence-corrected chi connectivity index (χ0v) is 12.5. The summed E-state index contributed by atoms with van der Waals surface area (Å²) in [5.74, 6) is -1.35. The standard InChI is InChI=1S/C14H15FN2O4S/c15-11-3-1-10(2-4-11)5-16(7-14(20)21)12(18)6-17-9-22-8-13(17)19/h1-4H,5-9H2,(H,20,21). The van der Waals surface area contributed by atoms with Crippen LogP contribution in [-0.4, -0.2) is 57.4 Å². The molecule has 0 unspecified atom stereocenters. The van der Waals surface area contributed by atoms with Crippen LogP contribution >= 0.6 is 11.8 Å². The molecule has 0 bridgehead atoms. The van der Waals surface area contributed by atoms with E-state index in [2.05, 4.69) is 0 Å². The van der Waals surface area contributed by atoms with E-state index in [1.807, 2.05) is 0 Å². The molecule has 1 aromatic rings. The first-order valence-corrected chi connectivity index (χ1v) is 7.70. The molecule has 22 heavy (non-hydrogen) atoms. The van der Waals surface area contributed by atoms with Crippen LogP contribution in [0.4, 0.5) is 4.39 Å². The number of carboxylic acids is 1. The molecule has 2 amide bonds. The van der Waals surface area contributed by atoms with Gasteiger partial charge in [-0.3, -0.25) is 14.4 Å². The Morgan fingerprint density at radius 1 is 1.32 bits per heavy atom. The molecule has 1 heterocycles. The summed E-state index contributed by atoms with van der Waals surface area (Å²) in [6, 6.07) is 5.49. The van der Waals surface area contributed by atoms with Crippen molar-refractivity contribution in [1.82, 2.24) is 9.80 Å². The molecule has 118 valence electrons. The quantitative estimate of drug-likeness (QED) is 0.835. The topological polar surface area (TPSA) is 77.9 Å². The molecular formula is C14H15FN2O4S. The number of benzene rings is 1. The normalized spacial score (nSPS) is 14.2. The van der Waals surface area contributed by atoms with Crippen molar-refractivity contribution in [3.05, 3.63) is 35.6 Å². The van der Waals surface area contributed by atoms with Gasteiger partial charge in [0.05, 0.1) is 11.6 Å². The van der Waals surface area contributed by atoms with Gasteiger partial charge in [-0.1, -0.05) is 12.1 Å². The average molecular weight is 326 g/mol. The van der Waals surface area contributed by atoms with E-state index >= 15 is 0 Å². The van der Waals surface area contributed by atoms with Crippen LogP contribution in [0.5, 0.6) is 0 Å². The number of hydrogen-bond acceptors (Lipinski definition) is 4. The summed E-state index contributed by atoms with van der Waals surface area (Å²) in [4.78, 5) is 37.2. The molecule has 1 aromatic carbocycles. The minimum Gasteiger partial charge on any atom is -0.480 e. The predicted molar refractivity (Wildman–Crippen MR) is 78.5 cm³/mol. The lowest BCUT2D eigenvalue weighted by Crippen LogP contribution is -2.42. The molecule has 2 rings (SSSR count). The Kier molecular flexibility index (Phi) is 5.37. The predicted octanol–water partition coefficient (Wildman–Crippen LogP) is 0.772. The van der Waals surface area contributed by atoms with E-state index in [0.717, 1.165) is 4.90 Å². The van der Waals surface area contributed by atoms with Crippen molar-refractivity contribution < 1.29 is 23.9 Å². The van der Waals surface area contributed by atoms with Crippen molar-refractivity contribution >= 4 is 29.5 Å². The van der Waals surface area contributed by atoms with Crippen LogP contribution in [0.2, 0.25) is 0 Å². The number of thioether (sulfide) groups is 1. The second kappa shape index (κ2) is 7.26. The summed E-state index contributed by atoms with van der Waals surface area (Å²) >= 11 is 1.41. The third-order valence-corrected chi connectivity index (χ3v) is 4.06. The Balaban J connectivity index is 2.04. The summed E-state index contributed by atoms with van der Waals surface area (Å²) in [6.45, 7) is -0.549. The molecule has 0 aliphatic carbocycles. The van der Waals surface area contributed by atoms with Crippen LogP contribution in [0.3, 0.4) is 0 Å². The van der Waals surface area contributed by atoms with Gasteiger partial charge in [-0.05, 0) is 17.7 Å². The molecule has 8 heteroatoms. The lowest BCUT2D eigenvalue weighted by Gasteiger charge is -2.23. The molecule has 1 fully saturated rings. The van der Waals surface area contributed by atoms with Gasteiger partial charge in [0.15, 0.2) is 0 Å². The van der Waals surface area contributed by atoms with Crippen LogP contribution in [0.15, 0.2) is 24.3 Å². The Hall–Kier alpha value is -2.09. The Labute approximate surface area is 130 Å². The van der Waals surface area contributed by atoms with Crippen LogP contribution in [0.1, 0.15) is 5.56 Å². The van der Waals surface area contributed by atoms with Crippen LogP contribution in [0.25, 0.3) is 0 Å². The van der Waals surface area contributed by atoms with Gasteiger partial charge < -0.3 is 14.9 Å². The molecule has 0 atom stereocenters. The van der Waals surface area contributed by atoms with E-state index in [9.17, 15) is 18.8 Å². The number of amides is 2. The van der Waals surface area contributed by atoms with Crippen LogP contribution < -0.4 is 0 Å². The zero-order valence-electron chi connectivity index (χ0n) is 11.7. The second-order valence-corrected chi connectivity index (χ2v) is 5.79. The third-order valence-electron chi connectivity index (χ3n) is 3.12. The molecule has 1 aliphatic heterocycles. The highest BCUT2D eigenvalue weighted by molar-refractivity contribution is 8.00. The number of hydrogen-bond donors (Lipinski definition) is 1. The van der Waals surface area contributed by atoms with E-state index in [1.165, 1.54) is 40.9 Å². The highest BCUT2D eigenvalue weighted by Gasteiger charge is 2.26. The number of halogens is 1. The Morgan fingerprint density at radius 3 is 2.55 bits per heavy atom. The number of carbonyl (C=O) groups is 3. The third kappa shape index (κ3) is 4.45. The molecule has 0 radical (unpaired) electrons. The van der Waals surface area contributed by atoms with Crippen molar-refractivity contribution in [2.24, 2.45) is 0 Å². The summed E-state index contributed by atoms with van der Waals surface area (Å²) in [5, 5.41) is 8.93. The first-order valence-electron chi connectivity index (χ1n) is 6.55. The van der Waals surface area contributed by atoms with E-state index < -0.39 is 24.2 Å². The first-order chi connectivity index (χ1) is 10.5. The van der Waals surface area contributed by atoms with Crippen LogP contribution in [0, 0.1) is 5.82 Å². The van der Waals surface area contributed by atoms with Gasteiger partial charge >= 0.3 is 5.97 Å². The Bertz CT molecular complexity index is 579. The molecule has 1 aliphatic rings. The number of carbonyl (C=O) groups excluding carboxylic acids is 2. The van der Waals surface area contributed by atoms with Crippen molar-refractivity contribution in [2.45, 2.75) is 6.54 Å². The number of rotatable bonds is 6. The van der Waals surface area contributed by atoms with Gasteiger partial charge in [0.1, 0.15) is 18.9 Å². The van der Waals surface area contributed by atoms with E-state index in [0.29, 0.717) is 17.2 Å². The first kappa shape index (κ1) is 16.3. The Morgan fingerprint density at radius 2 is 2.00 bits per heavy atom. The van der Waals surface area contributed by atoms with Gasteiger partial charge in [0.25, 0.3) is 0 Å². The van der Waals surface area contributed by atoms with Gasteiger partial charge in [-0.25, -0.2) is 4.39 Å². The van der Waals surface area contributed by atoms with Gasteiger partial charge in [-0.2, -0.15) is 0 Å². The molecule has 0 saturated carbocycles. The SMILES string of the molecule is O=C(O)CN(Cc1ccc(F)cc1)C(=O)CN1CSCC1=O. The minimum absolute atomic E-state index is 0.0561.